The molecule has 0 atom stereocenters. The van der Waals surface area contributed by atoms with Crippen LogP contribution in [-0.2, 0) is 16.5 Å². The number of carbonyl (C=O) groups is 1. The molecule has 0 saturated heterocycles. The molecule has 0 radical (unpaired) electrons. The van der Waals surface area contributed by atoms with Crippen LogP contribution in [0.5, 0.6) is 11.5 Å². The molecule has 0 aliphatic rings. The van der Waals surface area contributed by atoms with Crippen LogP contribution in [0.15, 0.2) is 75.8 Å². The van der Waals surface area contributed by atoms with E-state index in [1.807, 2.05) is 0 Å². The highest BCUT2D eigenvalue weighted by Gasteiger charge is 2.21. The van der Waals surface area contributed by atoms with Crippen LogP contribution in [0.2, 0.25) is 10.0 Å². The summed E-state index contributed by atoms with van der Waals surface area (Å²) in [5.74, 6) is -0.706. The lowest BCUT2D eigenvalue weighted by molar-refractivity contribution is 0.102. The summed E-state index contributed by atoms with van der Waals surface area (Å²) in [5, 5.41) is 23.6. The van der Waals surface area contributed by atoms with Crippen LogP contribution in [0.25, 0.3) is 10.8 Å². The Kier molecular flexibility index (Phi) is 7.89. The number of phenols is 1. The number of hydrogen-bond acceptors (Lipinski definition) is 7. The number of hydrogen-bond donors (Lipinski definition) is 3. The number of amides is 1. The summed E-state index contributed by atoms with van der Waals surface area (Å²) in [5.41, 5.74) is 0.786. The first-order chi connectivity index (χ1) is 18.0. The molecule has 0 bridgehead atoms. The normalized spacial score (nSPS) is 11.7. The predicted octanol–water partition coefficient (Wildman–Crippen LogP) is 7.34. The molecule has 0 saturated carbocycles. The first-order valence-corrected chi connectivity index (χ1v) is 13.3. The topological polar surface area (TPSA) is 138 Å². The Hall–Kier alpha value is -3.70. The van der Waals surface area contributed by atoms with Gasteiger partial charge in [0, 0.05) is 10.4 Å². The number of rotatable bonds is 7. The Morgan fingerprint density at radius 1 is 1.03 bits per heavy atom. The summed E-state index contributed by atoms with van der Waals surface area (Å²) >= 11 is 12.3. The average Bonchev–Trinajstić information content (AvgIpc) is 2.87. The van der Waals surface area contributed by atoms with Gasteiger partial charge >= 0.3 is 0 Å². The Labute approximate surface area is 228 Å². The second-order valence-corrected chi connectivity index (χ2v) is 10.3. The fourth-order valence-corrected chi connectivity index (χ4v) is 4.89. The van der Waals surface area contributed by atoms with Crippen molar-refractivity contribution in [1.82, 2.24) is 0 Å². The van der Waals surface area contributed by atoms with Gasteiger partial charge in [-0.3, -0.25) is 9.35 Å². The molecule has 0 heterocycles. The highest BCUT2D eigenvalue weighted by Crippen LogP contribution is 2.41. The predicted molar refractivity (Wildman–Crippen MR) is 146 cm³/mol. The van der Waals surface area contributed by atoms with Gasteiger partial charge in [0.25, 0.3) is 16.0 Å². The van der Waals surface area contributed by atoms with E-state index in [2.05, 4.69) is 15.5 Å². The number of methoxy groups -OCH3 is 1. The second kappa shape index (κ2) is 11.0. The van der Waals surface area contributed by atoms with Gasteiger partial charge in [-0.25, -0.2) is 0 Å². The SMILES string of the molecule is CCc1cc(S(=O)(=O)O)cc(Cl)c1N=Nc1c(O)c(C(=O)Nc2cc(Cl)ccc2OC)cc2ccccc12. The lowest BCUT2D eigenvalue weighted by atomic mass is 10.0. The molecule has 0 aliphatic carbocycles. The molecule has 3 N–H and O–H groups in total. The third-order valence-corrected chi connectivity index (χ3v) is 7.05. The maximum atomic E-state index is 13.2. The van der Waals surface area contributed by atoms with Gasteiger partial charge in [-0.15, -0.1) is 10.2 Å². The van der Waals surface area contributed by atoms with Gasteiger partial charge in [-0.1, -0.05) is 54.4 Å². The summed E-state index contributed by atoms with van der Waals surface area (Å²) in [4.78, 5) is 12.9. The molecular formula is C26H21Cl2N3O6S. The molecule has 38 heavy (non-hydrogen) atoms. The molecule has 4 aromatic carbocycles. The summed E-state index contributed by atoms with van der Waals surface area (Å²) in [6.07, 6.45) is 0.327. The van der Waals surface area contributed by atoms with E-state index in [9.17, 15) is 22.9 Å². The molecule has 196 valence electrons. The summed E-state index contributed by atoms with van der Waals surface area (Å²) in [6.45, 7) is 1.75. The molecule has 4 aromatic rings. The highest BCUT2D eigenvalue weighted by atomic mass is 35.5. The summed E-state index contributed by atoms with van der Waals surface area (Å²) < 4.78 is 37.8. The zero-order valence-corrected chi connectivity index (χ0v) is 22.4. The molecule has 0 aliphatic heterocycles. The standard InChI is InChI=1S/C26H21Cl2N3O6S/c1-3-14-10-17(38(34,35)36)13-20(28)23(14)30-31-24-18-7-5-4-6-15(18)11-19(25(24)32)26(33)29-21-12-16(27)8-9-22(21)37-2/h4-13,32H,3H2,1-2H3,(H,29,33)(H,34,35,36). The van der Waals surface area contributed by atoms with Gasteiger partial charge in [0.15, 0.2) is 5.75 Å². The third kappa shape index (κ3) is 5.58. The maximum Gasteiger partial charge on any atom is 0.294 e. The number of benzene rings is 4. The van der Waals surface area contributed by atoms with Gasteiger partial charge < -0.3 is 15.2 Å². The van der Waals surface area contributed by atoms with Gasteiger partial charge in [-0.2, -0.15) is 8.42 Å². The van der Waals surface area contributed by atoms with Crippen LogP contribution in [0.4, 0.5) is 17.1 Å². The van der Waals surface area contributed by atoms with E-state index < -0.39 is 21.8 Å². The number of anilines is 1. The Bertz CT molecular complexity index is 1710. The van der Waals surface area contributed by atoms with Gasteiger partial charge in [-0.05, 0) is 53.8 Å². The minimum absolute atomic E-state index is 0.00304. The molecule has 0 unspecified atom stereocenters. The number of phenolic OH excluding ortho intramolecular Hbond substituents is 1. The van der Waals surface area contributed by atoms with Crippen LogP contribution < -0.4 is 10.1 Å². The smallest absolute Gasteiger partial charge is 0.294 e. The minimum atomic E-state index is -4.48. The quantitative estimate of drug-likeness (QED) is 0.156. The van der Waals surface area contributed by atoms with Gasteiger partial charge in [0.1, 0.15) is 17.1 Å². The number of fused-ring (bicyclic) bond motifs is 1. The minimum Gasteiger partial charge on any atom is -0.505 e. The van der Waals surface area contributed by atoms with Crippen LogP contribution in [0.1, 0.15) is 22.8 Å². The molecule has 9 nitrogen and oxygen atoms in total. The zero-order chi connectivity index (χ0) is 27.6. The maximum absolute atomic E-state index is 13.2. The monoisotopic (exact) mass is 573 g/mol. The fraction of sp³-hybridized carbons (Fsp3) is 0.115. The van der Waals surface area contributed by atoms with E-state index in [-0.39, 0.29) is 26.9 Å². The van der Waals surface area contributed by atoms with Crippen LogP contribution in [0.3, 0.4) is 0 Å². The van der Waals surface area contributed by atoms with Crippen molar-refractivity contribution in [2.75, 3.05) is 12.4 Å². The number of nitrogens with one attached hydrogen (secondary N) is 1. The van der Waals surface area contributed by atoms with E-state index in [1.54, 1.807) is 43.3 Å². The molecule has 1 amide bonds. The van der Waals surface area contributed by atoms with Crippen molar-refractivity contribution in [2.24, 2.45) is 10.2 Å². The zero-order valence-electron chi connectivity index (χ0n) is 20.1. The molecule has 0 aromatic heterocycles. The van der Waals surface area contributed by atoms with Crippen molar-refractivity contribution < 1.29 is 27.6 Å². The van der Waals surface area contributed by atoms with Crippen LogP contribution in [-0.4, -0.2) is 31.1 Å². The lowest BCUT2D eigenvalue weighted by Gasteiger charge is -2.13. The van der Waals surface area contributed by atoms with Crippen molar-refractivity contribution in [3.8, 4) is 11.5 Å². The van der Waals surface area contributed by atoms with E-state index in [0.717, 1.165) is 6.07 Å². The molecular weight excluding hydrogens is 553 g/mol. The van der Waals surface area contributed by atoms with Crippen LogP contribution >= 0.6 is 23.2 Å². The number of nitrogens with zero attached hydrogens (tertiary/aromatic N) is 2. The number of halogens is 2. The van der Waals surface area contributed by atoms with E-state index in [0.29, 0.717) is 39.2 Å². The van der Waals surface area contributed by atoms with Crippen molar-refractivity contribution in [3.05, 3.63) is 81.8 Å². The van der Waals surface area contributed by atoms with Gasteiger partial charge in [0.05, 0.1) is 28.3 Å². The first-order valence-electron chi connectivity index (χ1n) is 11.1. The fourth-order valence-electron chi connectivity index (χ4n) is 3.82. The van der Waals surface area contributed by atoms with Crippen LogP contribution in [0, 0.1) is 0 Å². The largest absolute Gasteiger partial charge is 0.505 e. The first kappa shape index (κ1) is 27.3. The lowest BCUT2D eigenvalue weighted by Crippen LogP contribution is -2.13. The molecule has 0 spiro atoms. The highest BCUT2D eigenvalue weighted by molar-refractivity contribution is 7.85. The number of azo groups is 1. The number of carbonyl (C=O) groups excluding carboxylic acids is 1. The third-order valence-electron chi connectivity index (χ3n) is 5.69. The van der Waals surface area contributed by atoms with Crippen molar-refractivity contribution in [1.29, 1.82) is 0 Å². The number of aromatic hydroxyl groups is 1. The van der Waals surface area contributed by atoms with Crippen molar-refractivity contribution >= 4 is 67.1 Å². The Morgan fingerprint density at radius 2 is 1.74 bits per heavy atom. The number of ether oxygens (including phenoxy) is 1. The Morgan fingerprint density at radius 3 is 2.42 bits per heavy atom. The van der Waals surface area contributed by atoms with Crippen molar-refractivity contribution in [2.45, 2.75) is 18.2 Å². The summed E-state index contributed by atoms with van der Waals surface area (Å²) in [6, 6.07) is 15.5. The summed E-state index contributed by atoms with van der Waals surface area (Å²) in [7, 11) is -3.04. The molecule has 12 heteroatoms. The number of aryl methyl sites for hydroxylation is 1. The average molecular weight is 574 g/mol. The second-order valence-electron chi connectivity index (χ2n) is 8.08. The van der Waals surface area contributed by atoms with E-state index in [1.165, 1.54) is 25.3 Å². The van der Waals surface area contributed by atoms with Crippen molar-refractivity contribution in [3.63, 3.8) is 0 Å². The Balaban J connectivity index is 1.82. The molecule has 4 rings (SSSR count). The van der Waals surface area contributed by atoms with Gasteiger partial charge in [0.2, 0.25) is 0 Å². The molecule has 0 fully saturated rings. The van der Waals surface area contributed by atoms with E-state index in [4.69, 9.17) is 27.9 Å². The van der Waals surface area contributed by atoms with E-state index >= 15 is 0 Å².